The Morgan fingerprint density at radius 2 is 1.97 bits per heavy atom. The van der Waals surface area contributed by atoms with E-state index in [1.54, 1.807) is 55.8 Å². The minimum atomic E-state index is -0.690. The van der Waals surface area contributed by atoms with E-state index in [1.807, 2.05) is 4.90 Å². The summed E-state index contributed by atoms with van der Waals surface area (Å²) < 4.78 is 7.19. The summed E-state index contributed by atoms with van der Waals surface area (Å²) in [6.07, 6.45) is 2.62. The zero-order chi connectivity index (χ0) is 20.4. The van der Waals surface area contributed by atoms with Gasteiger partial charge in [-0.3, -0.25) is 19.1 Å². The van der Waals surface area contributed by atoms with Crippen LogP contribution in [0.2, 0.25) is 5.02 Å². The first-order valence-electron chi connectivity index (χ1n) is 9.18. The van der Waals surface area contributed by atoms with Gasteiger partial charge in [0.25, 0.3) is 5.56 Å². The number of hydrogen-bond donors (Lipinski definition) is 0. The summed E-state index contributed by atoms with van der Waals surface area (Å²) in [4.78, 5) is 36.0. The van der Waals surface area contributed by atoms with Gasteiger partial charge in [-0.05, 0) is 24.3 Å². The lowest BCUT2D eigenvalue weighted by molar-refractivity contribution is 0.0337. The Hall–Kier alpha value is -3.03. The minimum absolute atomic E-state index is 0.178. The maximum absolute atomic E-state index is 12.9. The molecule has 3 heterocycles. The first-order chi connectivity index (χ1) is 14.0. The third-order valence-electron chi connectivity index (χ3n) is 4.87. The van der Waals surface area contributed by atoms with Crippen LogP contribution in [0.25, 0.3) is 11.3 Å². The van der Waals surface area contributed by atoms with Crippen LogP contribution in [0.1, 0.15) is 10.4 Å². The molecule has 0 saturated carbocycles. The standard InChI is InChI=1S/C21H19ClN4O3/c1-25-19(27)12-17(14-6-8-23-9-7-14)24-21(25)26-10-11-29-18(13-26)20(28)15-4-2-3-5-16(15)22/h2-9,12,18H,10-11,13H2,1H3. The van der Waals surface area contributed by atoms with Crippen molar-refractivity contribution in [2.75, 3.05) is 24.6 Å². The summed E-state index contributed by atoms with van der Waals surface area (Å²) in [6, 6.07) is 12.0. The number of aromatic nitrogens is 3. The molecule has 2 aromatic heterocycles. The molecular formula is C21H19ClN4O3. The van der Waals surface area contributed by atoms with Gasteiger partial charge in [-0.1, -0.05) is 23.7 Å². The molecule has 0 amide bonds. The van der Waals surface area contributed by atoms with Crippen molar-refractivity contribution in [3.63, 3.8) is 0 Å². The van der Waals surface area contributed by atoms with Crippen LogP contribution in [0.3, 0.4) is 0 Å². The zero-order valence-electron chi connectivity index (χ0n) is 15.8. The predicted molar refractivity (Wildman–Crippen MR) is 110 cm³/mol. The van der Waals surface area contributed by atoms with Crippen LogP contribution in [-0.4, -0.2) is 46.1 Å². The van der Waals surface area contributed by atoms with Crippen LogP contribution in [0, 0.1) is 0 Å². The van der Waals surface area contributed by atoms with Crippen LogP contribution < -0.4 is 10.5 Å². The summed E-state index contributed by atoms with van der Waals surface area (Å²) in [7, 11) is 1.67. The van der Waals surface area contributed by atoms with Crippen LogP contribution in [0.15, 0.2) is 59.7 Å². The van der Waals surface area contributed by atoms with Gasteiger partial charge in [0.05, 0.1) is 23.9 Å². The number of carbonyl (C=O) groups is 1. The number of nitrogens with zero attached hydrogens (tertiary/aromatic N) is 4. The van der Waals surface area contributed by atoms with Gasteiger partial charge < -0.3 is 9.64 Å². The summed E-state index contributed by atoms with van der Waals surface area (Å²) in [6.45, 7) is 1.15. The maximum Gasteiger partial charge on any atom is 0.255 e. The maximum atomic E-state index is 12.9. The molecule has 0 spiro atoms. The molecule has 4 rings (SSSR count). The molecular weight excluding hydrogens is 392 g/mol. The molecule has 1 fully saturated rings. The number of pyridine rings is 1. The van der Waals surface area contributed by atoms with Gasteiger partial charge in [0.15, 0.2) is 5.78 Å². The van der Waals surface area contributed by atoms with Crippen molar-refractivity contribution < 1.29 is 9.53 Å². The molecule has 7 nitrogen and oxygen atoms in total. The second-order valence-corrected chi connectivity index (χ2v) is 7.13. The van der Waals surface area contributed by atoms with Gasteiger partial charge in [0.2, 0.25) is 5.95 Å². The van der Waals surface area contributed by atoms with Crippen LogP contribution in [-0.2, 0) is 11.8 Å². The Balaban J connectivity index is 1.65. The summed E-state index contributed by atoms with van der Waals surface area (Å²) >= 11 is 6.17. The van der Waals surface area contributed by atoms with Crippen molar-refractivity contribution >= 4 is 23.3 Å². The Labute approximate surface area is 172 Å². The summed E-state index contributed by atoms with van der Waals surface area (Å²) in [5.41, 5.74) is 1.61. The van der Waals surface area contributed by atoms with Gasteiger partial charge in [0, 0.05) is 43.2 Å². The van der Waals surface area contributed by atoms with Crippen molar-refractivity contribution in [3.8, 4) is 11.3 Å². The quantitative estimate of drug-likeness (QED) is 0.615. The molecule has 3 aromatic rings. The molecule has 1 atom stereocenters. The molecule has 0 aliphatic carbocycles. The number of ether oxygens (including phenoxy) is 1. The second kappa shape index (κ2) is 8.14. The van der Waals surface area contributed by atoms with Gasteiger partial charge in [-0.25, -0.2) is 4.98 Å². The molecule has 0 radical (unpaired) electrons. The number of rotatable bonds is 4. The number of ketones is 1. The van der Waals surface area contributed by atoms with Crippen molar-refractivity contribution in [2.24, 2.45) is 7.05 Å². The molecule has 8 heteroatoms. The fraction of sp³-hybridized carbons (Fsp3) is 0.238. The van der Waals surface area contributed by atoms with Crippen molar-refractivity contribution in [1.82, 2.24) is 14.5 Å². The predicted octanol–water partition coefficient (Wildman–Crippen LogP) is 2.58. The summed E-state index contributed by atoms with van der Waals surface area (Å²) in [5.74, 6) is 0.306. The Morgan fingerprint density at radius 1 is 1.21 bits per heavy atom. The number of anilines is 1. The van der Waals surface area contributed by atoms with Crippen molar-refractivity contribution in [2.45, 2.75) is 6.10 Å². The molecule has 1 unspecified atom stereocenters. The lowest BCUT2D eigenvalue weighted by Gasteiger charge is -2.33. The lowest BCUT2D eigenvalue weighted by Crippen LogP contribution is -2.48. The number of hydrogen-bond acceptors (Lipinski definition) is 6. The molecule has 0 N–H and O–H groups in total. The fourth-order valence-electron chi connectivity index (χ4n) is 3.30. The van der Waals surface area contributed by atoms with E-state index >= 15 is 0 Å². The van der Waals surface area contributed by atoms with Crippen LogP contribution in [0.5, 0.6) is 0 Å². The highest BCUT2D eigenvalue weighted by Crippen LogP contribution is 2.23. The average Bonchev–Trinajstić information content (AvgIpc) is 2.76. The molecule has 1 aliphatic heterocycles. The normalized spacial score (nSPS) is 16.6. The number of morpholine rings is 1. The third-order valence-corrected chi connectivity index (χ3v) is 5.20. The monoisotopic (exact) mass is 410 g/mol. The molecule has 29 heavy (non-hydrogen) atoms. The zero-order valence-corrected chi connectivity index (χ0v) is 16.5. The van der Waals surface area contributed by atoms with Gasteiger partial charge in [-0.15, -0.1) is 0 Å². The van der Waals surface area contributed by atoms with Crippen LogP contribution >= 0.6 is 11.6 Å². The Morgan fingerprint density at radius 3 is 2.72 bits per heavy atom. The fourth-order valence-corrected chi connectivity index (χ4v) is 3.53. The minimum Gasteiger partial charge on any atom is -0.366 e. The number of Topliss-reactive ketones (excluding diaryl/α,β-unsaturated/α-hetero) is 1. The molecule has 1 aromatic carbocycles. The molecule has 1 aliphatic rings. The van der Waals surface area contributed by atoms with Gasteiger partial charge >= 0.3 is 0 Å². The first kappa shape index (κ1) is 19.3. The van der Waals surface area contributed by atoms with Gasteiger partial charge in [0.1, 0.15) is 6.10 Å². The number of halogens is 1. The van der Waals surface area contributed by atoms with Crippen molar-refractivity contribution in [1.29, 1.82) is 0 Å². The van der Waals surface area contributed by atoms with E-state index in [9.17, 15) is 9.59 Å². The highest BCUT2D eigenvalue weighted by Gasteiger charge is 2.30. The second-order valence-electron chi connectivity index (χ2n) is 6.72. The van der Waals surface area contributed by atoms with Gasteiger partial charge in [-0.2, -0.15) is 0 Å². The highest BCUT2D eigenvalue weighted by molar-refractivity contribution is 6.34. The molecule has 148 valence electrons. The van der Waals surface area contributed by atoms with E-state index in [1.165, 1.54) is 10.6 Å². The SMILES string of the molecule is Cn1c(N2CCOC(C(=O)c3ccccc3Cl)C2)nc(-c2ccncc2)cc1=O. The highest BCUT2D eigenvalue weighted by atomic mass is 35.5. The number of carbonyl (C=O) groups excluding carboxylic acids is 1. The largest absolute Gasteiger partial charge is 0.366 e. The van der Waals surface area contributed by atoms with E-state index in [0.717, 1.165) is 5.56 Å². The Bertz CT molecular complexity index is 1100. The third kappa shape index (κ3) is 3.92. The Kier molecular flexibility index (Phi) is 5.42. The lowest BCUT2D eigenvalue weighted by atomic mass is 10.0. The van der Waals surface area contributed by atoms with E-state index in [0.29, 0.717) is 35.4 Å². The number of benzene rings is 1. The smallest absolute Gasteiger partial charge is 0.255 e. The van der Waals surface area contributed by atoms with E-state index in [4.69, 9.17) is 16.3 Å². The molecule has 0 bridgehead atoms. The van der Waals surface area contributed by atoms with Crippen molar-refractivity contribution in [3.05, 3.63) is 75.8 Å². The van der Waals surface area contributed by atoms with Crippen LogP contribution in [0.4, 0.5) is 5.95 Å². The summed E-state index contributed by atoms with van der Waals surface area (Å²) in [5, 5.41) is 0.392. The average molecular weight is 411 g/mol. The first-order valence-corrected chi connectivity index (χ1v) is 9.56. The topological polar surface area (TPSA) is 77.3 Å². The van der Waals surface area contributed by atoms with E-state index in [-0.39, 0.29) is 17.9 Å². The molecule has 1 saturated heterocycles. The van der Waals surface area contributed by atoms with E-state index < -0.39 is 6.10 Å². The van der Waals surface area contributed by atoms with E-state index in [2.05, 4.69) is 9.97 Å².